The number of aliphatic hydroxyl groups is 2. The summed E-state index contributed by atoms with van der Waals surface area (Å²) in [6.45, 7) is 5.85. The van der Waals surface area contributed by atoms with Gasteiger partial charge in [-0.25, -0.2) is 0 Å². The van der Waals surface area contributed by atoms with Gasteiger partial charge in [0.2, 0.25) is 0 Å². The van der Waals surface area contributed by atoms with Crippen LogP contribution in [-0.4, -0.2) is 44.7 Å². The van der Waals surface area contributed by atoms with Crippen molar-refractivity contribution in [1.29, 1.82) is 0 Å². The number of aliphatic carboxylic acids is 1. The molecule has 0 aromatic carbocycles. The maximum Gasteiger partial charge on any atom is 0.310 e. The minimum atomic E-state index is -0.778. The lowest BCUT2D eigenvalue weighted by molar-refractivity contribution is -0.140. The van der Waals surface area contributed by atoms with Gasteiger partial charge >= 0.3 is 11.9 Å². The minimum absolute atomic E-state index is 0.176. The second-order valence-electron chi connectivity index (χ2n) is 8.59. The Morgan fingerprint density at radius 2 is 1.90 bits per heavy atom. The third-order valence-electron chi connectivity index (χ3n) is 5.34. The molecular formula is C24H40O6S. The number of ether oxygens (including phenoxy) is 1. The number of thioether (sulfide) groups is 1. The van der Waals surface area contributed by atoms with Crippen LogP contribution in [0, 0.1) is 5.92 Å². The van der Waals surface area contributed by atoms with Gasteiger partial charge in [0.25, 0.3) is 0 Å². The zero-order chi connectivity index (χ0) is 23.3. The number of carbonyl (C=O) groups is 2. The van der Waals surface area contributed by atoms with Gasteiger partial charge in [0.05, 0.1) is 11.7 Å². The topological polar surface area (TPSA) is 104 Å². The molecule has 1 aliphatic carbocycles. The monoisotopic (exact) mass is 456 g/mol. The molecule has 0 bridgehead atoms. The zero-order valence-electron chi connectivity index (χ0n) is 19.3. The Morgan fingerprint density at radius 1 is 1.16 bits per heavy atom. The van der Waals surface area contributed by atoms with E-state index in [-0.39, 0.29) is 18.3 Å². The van der Waals surface area contributed by atoms with Crippen LogP contribution in [0.2, 0.25) is 0 Å². The van der Waals surface area contributed by atoms with Gasteiger partial charge in [-0.05, 0) is 44.8 Å². The molecule has 0 heterocycles. The Balaban J connectivity index is 2.79. The fraction of sp³-hybridized carbons (Fsp3) is 0.750. The molecule has 0 aromatic rings. The van der Waals surface area contributed by atoms with Crippen LogP contribution in [0.15, 0.2) is 22.8 Å². The highest BCUT2D eigenvalue weighted by atomic mass is 32.2. The average molecular weight is 457 g/mol. The van der Waals surface area contributed by atoms with Gasteiger partial charge in [-0.2, -0.15) is 0 Å². The maximum absolute atomic E-state index is 12.0. The summed E-state index contributed by atoms with van der Waals surface area (Å²) in [4.78, 5) is 23.5. The standard InChI is InChI=1S/C24H40O6S/c1-4-6-14-24(3,29)15-10-12-18-19(25)17-20(30-22(28)11-5-2)23(18)31-16-9-7-8-13-21(26)27/h10,12,18-19,25,29H,4-9,11,13-17H2,1-3H3,(H,26,27)/b12-10+/t18-,19+,24-/m0/s1. The first-order chi connectivity index (χ1) is 14.7. The lowest BCUT2D eigenvalue weighted by Gasteiger charge is -2.21. The van der Waals surface area contributed by atoms with Gasteiger partial charge in [0.1, 0.15) is 5.76 Å². The SMILES string of the molecule is CCCC[C@](C)(O)C/C=C/[C@@H]1C(SCCCCCC(=O)O)=C(OC(=O)CCC)C[C@H]1O. The van der Waals surface area contributed by atoms with Crippen LogP contribution < -0.4 is 0 Å². The van der Waals surface area contributed by atoms with Crippen molar-refractivity contribution in [1.82, 2.24) is 0 Å². The van der Waals surface area contributed by atoms with Crippen molar-refractivity contribution in [3.8, 4) is 0 Å². The number of carbonyl (C=O) groups excluding carboxylic acids is 1. The van der Waals surface area contributed by atoms with Crippen LogP contribution in [0.3, 0.4) is 0 Å². The zero-order valence-corrected chi connectivity index (χ0v) is 20.1. The molecule has 178 valence electrons. The fourth-order valence-electron chi connectivity index (χ4n) is 3.52. The Bertz CT molecular complexity index is 626. The largest absolute Gasteiger partial charge is 0.481 e. The van der Waals surface area contributed by atoms with Crippen LogP contribution in [0.25, 0.3) is 0 Å². The third-order valence-corrected chi connectivity index (χ3v) is 6.64. The quantitative estimate of drug-likeness (QED) is 0.167. The molecule has 1 aliphatic rings. The molecule has 0 amide bonds. The summed E-state index contributed by atoms with van der Waals surface area (Å²) in [6, 6.07) is 0. The second kappa shape index (κ2) is 14.7. The first-order valence-corrected chi connectivity index (χ1v) is 12.5. The molecule has 0 spiro atoms. The normalized spacial score (nSPS) is 20.9. The van der Waals surface area contributed by atoms with E-state index in [1.165, 1.54) is 0 Å². The molecule has 0 fully saturated rings. The van der Waals surface area contributed by atoms with Gasteiger partial charge in [0, 0.05) is 30.1 Å². The number of esters is 1. The summed E-state index contributed by atoms with van der Waals surface area (Å²) in [5.41, 5.74) is -0.770. The summed E-state index contributed by atoms with van der Waals surface area (Å²) in [7, 11) is 0. The molecule has 0 unspecified atom stereocenters. The Labute approximate surface area is 191 Å². The minimum Gasteiger partial charge on any atom is -0.481 e. The molecule has 0 aliphatic heterocycles. The number of unbranched alkanes of at least 4 members (excludes halogenated alkanes) is 3. The Morgan fingerprint density at radius 3 is 2.55 bits per heavy atom. The summed E-state index contributed by atoms with van der Waals surface area (Å²) < 4.78 is 5.57. The van der Waals surface area contributed by atoms with Gasteiger partial charge in [-0.3, -0.25) is 9.59 Å². The highest BCUT2D eigenvalue weighted by Crippen LogP contribution is 2.41. The molecule has 6 nitrogen and oxygen atoms in total. The van der Waals surface area contributed by atoms with Crippen molar-refractivity contribution in [3.05, 3.63) is 22.8 Å². The molecule has 7 heteroatoms. The summed E-state index contributed by atoms with van der Waals surface area (Å²) >= 11 is 1.58. The van der Waals surface area contributed by atoms with Crippen LogP contribution >= 0.6 is 11.8 Å². The number of carboxylic acids is 1. The number of aliphatic hydroxyl groups excluding tert-OH is 1. The van der Waals surface area contributed by atoms with Gasteiger partial charge in [-0.1, -0.05) is 45.3 Å². The van der Waals surface area contributed by atoms with Crippen molar-refractivity contribution < 1.29 is 29.6 Å². The molecule has 3 N–H and O–H groups in total. The summed E-state index contributed by atoms with van der Waals surface area (Å²) in [5, 5.41) is 29.9. The van der Waals surface area contributed by atoms with E-state index in [0.717, 1.165) is 42.8 Å². The number of hydrogen-bond acceptors (Lipinski definition) is 6. The lowest BCUT2D eigenvalue weighted by Crippen LogP contribution is -2.23. The van der Waals surface area contributed by atoms with Gasteiger partial charge in [-0.15, -0.1) is 11.8 Å². The van der Waals surface area contributed by atoms with E-state index in [9.17, 15) is 19.8 Å². The van der Waals surface area contributed by atoms with E-state index in [2.05, 4.69) is 6.92 Å². The van der Waals surface area contributed by atoms with Gasteiger partial charge < -0.3 is 20.1 Å². The van der Waals surface area contributed by atoms with Crippen molar-refractivity contribution >= 4 is 23.7 Å². The average Bonchev–Trinajstić information content (AvgIpc) is 2.97. The van der Waals surface area contributed by atoms with E-state index in [1.807, 2.05) is 26.0 Å². The second-order valence-corrected chi connectivity index (χ2v) is 9.73. The Hall–Kier alpha value is -1.31. The van der Waals surface area contributed by atoms with E-state index in [4.69, 9.17) is 9.84 Å². The molecule has 0 radical (unpaired) electrons. The third kappa shape index (κ3) is 11.2. The van der Waals surface area contributed by atoms with E-state index in [1.54, 1.807) is 11.8 Å². The first kappa shape index (κ1) is 27.7. The van der Waals surface area contributed by atoms with Crippen molar-refractivity contribution in [3.63, 3.8) is 0 Å². The Kier molecular flexibility index (Phi) is 13.1. The van der Waals surface area contributed by atoms with Gasteiger partial charge in [0.15, 0.2) is 0 Å². The van der Waals surface area contributed by atoms with E-state index < -0.39 is 17.7 Å². The maximum atomic E-state index is 12.0. The molecule has 0 saturated heterocycles. The summed E-state index contributed by atoms with van der Waals surface area (Å²) in [5.74, 6) is 0.00908. The van der Waals surface area contributed by atoms with Crippen LogP contribution in [0.1, 0.15) is 91.4 Å². The number of hydrogen-bond donors (Lipinski definition) is 3. The smallest absolute Gasteiger partial charge is 0.310 e. The molecular weight excluding hydrogens is 416 g/mol. The predicted octanol–water partition coefficient (Wildman–Crippen LogP) is 5.19. The summed E-state index contributed by atoms with van der Waals surface area (Å²) in [6.07, 6.45) is 10.3. The molecule has 31 heavy (non-hydrogen) atoms. The molecule has 1 rings (SSSR count). The first-order valence-electron chi connectivity index (χ1n) is 11.6. The molecule has 0 saturated carbocycles. The molecule has 0 aromatic heterocycles. The lowest BCUT2D eigenvalue weighted by atomic mass is 9.94. The highest BCUT2D eigenvalue weighted by Gasteiger charge is 2.34. The van der Waals surface area contributed by atoms with Crippen molar-refractivity contribution in [2.75, 3.05) is 5.75 Å². The van der Waals surface area contributed by atoms with Crippen molar-refractivity contribution in [2.45, 2.75) is 103 Å². The predicted molar refractivity (Wildman–Crippen MR) is 125 cm³/mol. The van der Waals surface area contributed by atoms with Crippen LogP contribution in [0.4, 0.5) is 0 Å². The molecule has 3 atom stereocenters. The highest BCUT2D eigenvalue weighted by molar-refractivity contribution is 8.03. The van der Waals surface area contributed by atoms with Crippen LogP contribution in [-0.2, 0) is 14.3 Å². The van der Waals surface area contributed by atoms with E-state index >= 15 is 0 Å². The van der Waals surface area contributed by atoms with Crippen LogP contribution in [0.5, 0.6) is 0 Å². The number of rotatable bonds is 16. The van der Waals surface area contributed by atoms with Crippen molar-refractivity contribution in [2.24, 2.45) is 5.92 Å². The fourth-order valence-corrected chi connectivity index (χ4v) is 4.80. The number of carboxylic acid groups (broad SMARTS) is 1. The van der Waals surface area contributed by atoms with E-state index in [0.29, 0.717) is 37.9 Å².